The summed E-state index contributed by atoms with van der Waals surface area (Å²) in [5, 5.41) is 13.4. The zero-order valence-electron chi connectivity index (χ0n) is 11.5. The van der Waals surface area contributed by atoms with Crippen LogP contribution in [0.5, 0.6) is 5.75 Å². The molecule has 0 fully saturated rings. The second-order valence-corrected chi connectivity index (χ2v) is 5.26. The third-order valence-corrected chi connectivity index (χ3v) is 3.34. The van der Waals surface area contributed by atoms with Gasteiger partial charge in [0.1, 0.15) is 10.8 Å². The van der Waals surface area contributed by atoms with Crippen LogP contribution >= 0.6 is 11.3 Å². The van der Waals surface area contributed by atoms with Crippen LogP contribution in [0.15, 0.2) is 24.3 Å². The summed E-state index contributed by atoms with van der Waals surface area (Å²) in [4.78, 5) is 23.4. The normalized spacial score (nSPS) is 10.0. The molecule has 0 spiro atoms. The first kappa shape index (κ1) is 14.9. The molecular formula is C13H14N4O3S. The smallest absolute Gasteiger partial charge is 0.315 e. The number of aromatic nitrogens is 2. The summed E-state index contributed by atoms with van der Waals surface area (Å²) in [6.45, 7) is 1.96. The highest BCUT2D eigenvalue weighted by atomic mass is 32.1. The molecule has 1 aromatic carbocycles. The van der Waals surface area contributed by atoms with E-state index >= 15 is 0 Å². The largest absolute Gasteiger partial charge is 0.496 e. The van der Waals surface area contributed by atoms with Gasteiger partial charge in [0.15, 0.2) is 0 Å². The van der Waals surface area contributed by atoms with E-state index in [0.717, 1.165) is 5.56 Å². The first-order valence-corrected chi connectivity index (χ1v) is 6.93. The van der Waals surface area contributed by atoms with Gasteiger partial charge in [-0.15, -0.1) is 10.2 Å². The lowest BCUT2D eigenvalue weighted by atomic mass is 10.2. The Morgan fingerprint density at radius 1 is 1.24 bits per heavy atom. The Hall–Kier alpha value is -2.48. The lowest BCUT2D eigenvalue weighted by Gasteiger charge is -2.08. The Morgan fingerprint density at radius 3 is 2.67 bits per heavy atom. The molecule has 0 aliphatic rings. The van der Waals surface area contributed by atoms with E-state index in [2.05, 4.69) is 20.8 Å². The number of amides is 2. The molecule has 21 heavy (non-hydrogen) atoms. The maximum atomic E-state index is 11.7. The van der Waals surface area contributed by atoms with Crippen LogP contribution in [0.3, 0.4) is 0 Å². The fraction of sp³-hybridized carbons (Fsp3) is 0.231. The molecule has 0 saturated carbocycles. The summed E-state index contributed by atoms with van der Waals surface area (Å²) in [5.74, 6) is -0.868. The Morgan fingerprint density at radius 2 is 2.00 bits per heavy atom. The summed E-state index contributed by atoms with van der Waals surface area (Å²) >= 11 is 1.20. The number of nitrogens with one attached hydrogen (secondary N) is 2. The van der Waals surface area contributed by atoms with Crippen molar-refractivity contribution in [3.63, 3.8) is 0 Å². The third-order valence-electron chi connectivity index (χ3n) is 2.58. The zero-order valence-corrected chi connectivity index (χ0v) is 12.4. The zero-order chi connectivity index (χ0) is 15.2. The molecule has 1 aromatic heterocycles. The van der Waals surface area contributed by atoms with Gasteiger partial charge in [-0.1, -0.05) is 29.5 Å². The summed E-state index contributed by atoms with van der Waals surface area (Å²) in [7, 11) is 1.55. The average molecular weight is 306 g/mol. The van der Waals surface area contributed by atoms with Crippen LogP contribution in [0.25, 0.3) is 0 Å². The predicted octanol–water partition coefficient (Wildman–Crippen LogP) is 1.11. The van der Waals surface area contributed by atoms with Gasteiger partial charge >= 0.3 is 11.8 Å². The second kappa shape index (κ2) is 6.80. The van der Waals surface area contributed by atoms with Gasteiger partial charge in [-0.2, -0.15) is 0 Å². The van der Waals surface area contributed by atoms with E-state index in [-0.39, 0.29) is 6.54 Å². The van der Waals surface area contributed by atoms with Gasteiger partial charge in [0.2, 0.25) is 5.13 Å². The van der Waals surface area contributed by atoms with E-state index in [0.29, 0.717) is 15.9 Å². The van der Waals surface area contributed by atoms with E-state index in [9.17, 15) is 9.59 Å². The lowest BCUT2D eigenvalue weighted by Crippen LogP contribution is -2.35. The SMILES string of the molecule is COc1ccccc1CNC(=O)C(=O)Nc1nnc(C)s1. The summed E-state index contributed by atoms with van der Waals surface area (Å²) in [6, 6.07) is 7.25. The number of para-hydroxylation sites is 1. The van der Waals surface area contributed by atoms with Crippen molar-refractivity contribution in [3.8, 4) is 5.75 Å². The van der Waals surface area contributed by atoms with Gasteiger partial charge in [0.25, 0.3) is 0 Å². The number of carbonyl (C=O) groups is 2. The van der Waals surface area contributed by atoms with Crippen molar-refractivity contribution < 1.29 is 14.3 Å². The second-order valence-electron chi connectivity index (χ2n) is 4.07. The van der Waals surface area contributed by atoms with Crippen molar-refractivity contribution in [3.05, 3.63) is 34.8 Å². The number of aryl methyl sites for hydroxylation is 1. The van der Waals surface area contributed by atoms with Crippen LogP contribution in [-0.2, 0) is 16.1 Å². The predicted molar refractivity (Wildman–Crippen MR) is 78.1 cm³/mol. The van der Waals surface area contributed by atoms with Crippen molar-refractivity contribution in [2.24, 2.45) is 0 Å². The van der Waals surface area contributed by atoms with Gasteiger partial charge in [-0.3, -0.25) is 14.9 Å². The molecule has 2 aromatic rings. The number of ether oxygens (including phenoxy) is 1. The molecule has 8 heteroatoms. The van der Waals surface area contributed by atoms with Crippen LogP contribution in [-0.4, -0.2) is 29.1 Å². The molecule has 110 valence electrons. The molecule has 1 heterocycles. The monoisotopic (exact) mass is 306 g/mol. The molecule has 0 unspecified atom stereocenters. The number of carbonyl (C=O) groups excluding carboxylic acids is 2. The Labute approximate surface area is 125 Å². The number of methoxy groups -OCH3 is 1. The number of rotatable bonds is 4. The maximum Gasteiger partial charge on any atom is 0.315 e. The van der Waals surface area contributed by atoms with E-state index < -0.39 is 11.8 Å². The summed E-state index contributed by atoms with van der Waals surface area (Å²) in [6.07, 6.45) is 0. The fourth-order valence-corrected chi connectivity index (χ4v) is 2.19. The lowest BCUT2D eigenvalue weighted by molar-refractivity contribution is -0.136. The number of nitrogens with zero attached hydrogens (tertiary/aromatic N) is 2. The minimum absolute atomic E-state index is 0.200. The molecule has 0 atom stereocenters. The number of hydrogen-bond acceptors (Lipinski definition) is 6. The van der Waals surface area contributed by atoms with Crippen LogP contribution in [0.2, 0.25) is 0 Å². The molecule has 0 aliphatic heterocycles. The van der Waals surface area contributed by atoms with Crippen LogP contribution in [0.4, 0.5) is 5.13 Å². The molecule has 0 radical (unpaired) electrons. The highest BCUT2D eigenvalue weighted by Crippen LogP contribution is 2.16. The first-order valence-electron chi connectivity index (χ1n) is 6.11. The molecule has 7 nitrogen and oxygen atoms in total. The Kier molecular flexibility index (Phi) is 4.83. The molecular weight excluding hydrogens is 292 g/mol. The molecule has 0 aliphatic carbocycles. The van der Waals surface area contributed by atoms with Gasteiger partial charge in [0.05, 0.1) is 7.11 Å². The van der Waals surface area contributed by atoms with Crippen molar-refractivity contribution in [2.45, 2.75) is 13.5 Å². The average Bonchev–Trinajstić information content (AvgIpc) is 2.90. The number of hydrogen-bond donors (Lipinski definition) is 2. The van der Waals surface area contributed by atoms with Gasteiger partial charge in [-0.05, 0) is 13.0 Å². The van der Waals surface area contributed by atoms with Gasteiger partial charge in [0, 0.05) is 12.1 Å². The molecule has 2 amide bonds. The minimum Gasteiger partial charge on any atom is -0.496 e. The van der Waals surface area contributed by atoms with E-state index in [1.165, 1.54) is 11.3 Å². The molecule has 0 saturated heterocycles. The van der Waals surface area contributed by atoms with Crippen molar-refractivity contribution in [1.29, 1.82) is 0 Å². The highest BCUT2D eigenvalue weighted by Gasteiger charge is 2.15. The summed E-state index contributed by atoms with van der Waals surface area (Å²) < 4.78 is 5.17. The highest BCUT2D eigenvalue weighted by molar-refractivity contribution is 7.15. The standard InChI is InChI=1S/C13H14N4O3S/c1-8-16-17-13(21-8)15-12(19)11(18)14-7-9-5-3-4-6-10(9)20-2/h3-6H,7H2,1-2H3,(H,14,18)(H,15,17,19). The molecule has 0 bridgehead atoms. The first-order chi connectivity index (χ1) is 10.1. The van der Waals surface area contributed by atoms with Crippen molar-refractivity contribution in [2.75, 3.05) is 12.4 Å². The van der Waals surface area contributed by atoms with Crippen molar-refractivity contribution in [1.82, 2.24) is 15.5 Å². The quantitative estimate of drug-likeness (QED) is 0.825. The van der Waals surface area contributed by atoms with Crippen LogP contribution < -0.4 is 15.4 Å². The molecule has 2 N–H and O–H groups in total. The maximum absolute atomic E-state index is 11.7. The van der Waals surface area contributed by atoms with Gasteiger partial charge in [-0.25, -0.2) is 0 Å². The third kappa shape index (κ3) is 3.99. The van der Waals surface area contributed by atoms with E-state index in [1.54, 1.807) is 20.1 Å². The van der Waals surface area contributed by atoms with Gasteiger partial charge < -0.3 is 10.1 Å². The summed E-state index contributed by atoms with van der Waals surface area (Å²) in [5.41, 5.74) is 0.785. The number of benzene rings is 1. The van der Waals surface area contributed by atoms with E-state index in [4.69, 9.17) is 4.74 Å². The van der Waals surface area contributed by atoms with Crippen LogP contribution in [0, 0.1) is 6.92 Å². The number of anilines is 1. The van der Waals surface area contributed by atoms with Crippen LogP contribution in [0.1, 0.15) is 10.6 Å². The Balaban J connectivity index is 1.90. The van der Waals surface area contributed by atoms with E-state index in [1.807, 2.05) is 18.2 Å². The Bertz CT molecular complexity index is 656. The molecule has 2 rings (SSSR count). The fourth-order valence-electron chi connectivity index (χ4n) is 1.61. The minimum atomic E-state index is -0.777. The topological polar surface area (TPSA) is 93.2 Å². The van der Waals surface area contributed by atoms with Crippen molar-refractivity contribution >= 4 is 28.3 Å².